The lowest BCUT2D eigenvalue weighted by Gasteiger charge is -2.19. The van der Waals surface area contributed by atoms with E-state index in [1.807, 2.05) is 6.07 Å². The summed E-state index contributed by atoms with van der Waals surface area (Å²) in [5, 5.41) is 14.1. The summed E-state index contributed by atoms with van der Waals surface area (Å²) in [4.78, 5) is 11.2. The van der Waals surface area contributed by atoms with Gasteiger partial charge >= 0.3 is 5.00 Å². The van der Waals surface area contributed by atoms with Gasteiger partial charge in [0.15, 0.2) is 0 Å². The molecule has 1 rings (SSSR count). The first-order chi connectivity index (χ1) is 7.54. The van der Waals surface area contributed by atoms with Gasteiger partial charge in [-0.2, -0.15) is 0 Å². The molecular formula is C11H18N2O2S. The molecular weight excluding hydrogens is 224 g/mol. The van der Waals surface area contributed by atoms with Crippen molar-refractivity contribution in [2.24, 2.45) is 5.92 Å². The van der Waals surface area contributed by atoms with E-state index in [0.717, 1.165) is 11.3 Å². The quantitative estimate of drug-likeness (QED) is 0.615. The monoisotopic (exact) mass is 242 g/mol. The van der Waals surface area contributed by atoms with Crippen molar-refractivity contribution in [2.75, 3.05) is 0 Å². The minimum atomic E-state index is -0.341. The zero-order chi connectivity index (χ0) is 12.1. The fraction of sp³-hybridized carbons (Fsp3) is 0.636. The van der Waals surface area contributed by atoms with Crippen LogP contribution in [0.25, 0.3) is 0 Å². The van der Waals surface area contributed by atoms with Crippen molar-refractivity contribution in [3.63, 3.8) is 0 Å². The maximum absolute atomic E-state index is 10.5. The van der Waals surface area contributed by atoms with Crippen LogP contribution in [0, 0.1) is 16.0 Å². The van der Waals surface area contributed by atoms with Gasteiger partial charge in [0.25, 0.3) is 0 Å². The third kappa shape index (κ3) is 3.57. The minimum Gasteiger partial charge on any atom is -0.309 e. The fourth-order valence-electron chi connectivity index (χ4n) is 1.38. The van der Waals surface area contributed by atoms with Gasteiger partial charge in [0.05, 0.1) is 4.92 Å². The van der Waals surface area contributed by atoms with Crippen LogP contribution in [0.5, 0.6) is 0 Å². The highest BCUT2D eigenvalue weighted by Gasteiger charge is 2.12. The molecule has 0 spiro atoms. The van der Waals surface area contributed by atoms with E-state index in [2.05, 4.69) is 26.1 Å². The number of hydrogen-bond acceptors (Lipinski definition) is 4. The van der Waals surface area contributed by atoms with Crippen molar-refractivity contribution >= 4 is 16.3 Å². The van der Waals surface area contributed by atoms with Crippen LogP contribution < -0.4 is 5.32 Å². The van der Waals surface area contributed by atoms with Gasteiger partial charge in [-0.15, -0.1) is 0 Å². The summed E-state index contributed by atoms with van der Waals surface area (Å²) >= 11 is 1.24. The summed E-state index contributed by atoms with van der Waals surface area (Å²) in [5.41, 5.74) is 0. The predicted octanol–water partition coefficient (Wildman–Crippen LogP) is 3.18. The third-order valence-corrected chi connectivity index (χ3v) is 3.96. The van der Waals surface area contributed by atoms with E-state index in [-0.39, 0.29) is 9.92 Å². The van der Waals surface area contributed by atoms with E-state index in [1.165, 1.54) is 11.3 Å². The van der Waals surface area contributed by atoms with E-state index >= 15 is 0 Å². The fourth-order valence-corrected chi connectivity index (χ4v) is 2.15. The summed E-state index contributed by atoms with van der Waals surface area (Å²) in [6, 6.07) is 3.82. The van der Waals surface area contributed by atoms with Crippen LogP contribution in [0.15, 0.2) is 12.1 Å². The van der Waals surface area contributed by atoms with Crippen molar-refractivity contribution in [1.82, 2.24) is 5.32 Å². The molecule has 0 fully saturated rings. The van der Waals surface area contributed by atoms with Gasteiger partial charge in [0, 0.05) is 23.5 Å². The van der Waals surface area contributed by atoms with Crippen LogP contribution in [0.2, 0.25) is 0 Å². The first-order valence-corrected chi connectivity index (χ1v) is 6.32. The Morgan fingerprint density at radius 3 is 2.69 bits per heavy atom. The lowest BCUT2D eigenvalue weighted by atomic mass is 10.0. The van der Waals surface area contributed by atoms with Crippen molar-refractivity contribution in [3.8, 4) is 0 Å². The Balaban J connectivity index is 2.45. The second kappa shape index (κ2) is 5.96. The van der Waals surface area contributed by atoms with Gasteiger partial charge in [-0.1, -0.05) is 31.6 Å². The topological polar surface area (TPSA) is 55.2 Å². The van der Waals surface area contributed by atoms with Gasteiger partial charge in [0.1, 0.15) is 0 Å². The van der Waals surface area contributed by atoms with Gasteiger partial charge in [-0.05, 0) is 18.9 Å². The van der Waals surface area contributed by atoms with E-state index in [0.29, 0.717) is 18.5 Å². The SMILES string of the molecule is CCC(C)C(C)NCc1ccc([N+](=O)[O-])s1. The number of thiophene rings is 1. The molecule has 0 aliphatic rings. The summed E-state index contributed by atoms with van der Waals surface area (Å²) in [6.07, 6.45) is 1.14. The smallest absolute Gasteiger partial charge is 0.309 e. The molecule has 2 atom stereocenters. The van der Waals surface area contributed by atoms with Crippen molar-refractivity contribution in [1.29, 1.82) is 0 Å². The Kier molecular flexibility index (Phi) is 4.89. The molecule has 0 saturated carbocycles. The zero-order valence-corrected chi connectivity index (χ0v) is 10.7. The Labute approximate surface area is 99.8 Å². The lowest BCUT2D eigenvalue weighted by molar-refractivity contribution is -0.380. The standard InChI is InChI=1S/C11H18N2O2S/c1-4-8(2)9(3)12-7-10-5-6-11(16-10)13(14)15/h5-6,8-9,12H,4,7H2,1-3H3. The molecule has 0 bridgehead atoms. The Morgan fingerprint density at radius 2 is 2.19 bits per heavy atom. The van der Waals surface area contributed by atoms with Gasteiger partial charge < -0.3 is 5.32 Å². The molecule has 0 radical (unpaired) electrons. The molecule has 1 heterocycles. The summed E-state index contributed by atoms with van der Waals surface area (Å²) in [7, 11) is 0. The average molecular weight is 242 g/mol. The average Bonchev–Trinajstić information content (AvgIpc) is 2.73. The molecule has 0 aliphatic heterocycles. The van der Waals surface area contributed by atoms with Gasteiger partial charge in [-0.25, -0.2) is 0 Å². The molecule has 1 N–H and O–H groups in total. The molecule has 1 aromatic rings. The Hall–Kier alpha value is -0.940. The third-order valence-electron chi connectivity index (χ3n) is 2.92. The molecule has 2 unspecified atom stereocenters. The Bertz CT molecular complexity index is 352. The lowest BCUT2D eigenvalue weighted by Crippen LogP contribution is -2.30. The van der Waals surface area contributed by atoms with Crippen LogP contribution in [-0.4, -0.2) is 11.0 Å². The normalized spacial score (nSPS) is 14.7. The number of nitro groups is 1. The molecule has 4 nitrogen and oxygen atoms in total. The van der Waals surface area contributed by atoms with E-state index in [4.69, 9.17) is 0 Å². The second-order valence-corrected chi connectivity index (χ2v) is 5.20. The highest BCUT2D eigenvalue weighted by molar-refractivity contribution is 7.15. The summed E-state index contributed by atoms with van der Waals surface area (Å²) in [6.45, 7) is 7.23. The van der Waals surface area contributed by atoms with Crippen LogP contribution in [0.4, 0.5) is 5.00 Å². The number of hydrogen-bond donors (Lipinski definition) is 1. The first-order valence-electron chi connectivity index (χ1n) is 5.51. The van der Waals surface area contributed by atoms with E-state index in [1.54, 1.807) is 6.07 Å². The molecule has 0 amide bonds. The van der Waals surface area contributed by atoms with Crippen LogP contribution in [0.3, 0.4) is 0 Å². The van der Waals surface area contributed by atoms with E-state index in [9.17, 15) is 10.1 Å². The van der Waals surface area contributed by atoms with Crippen molar-refractivity contribution in [3.05, 3.63) is 27.1 Å². The van der Waals surface area contributed by atoms with Crippen molar-refractivity contribution < 1.29 is 4.92 Å². The van der Waals surface area contributed by atoms with Crippen LogP contribution in [-0.2, 0) is 6.54 Å². The highest BCUT2D eigenvalue weighted by atomic mass is 32.1. The molecule has 1 aromatic heterocycles. The summed E-state index contributed by atoms with van der Waals surface area (Å²) < 4.78 is 0. The minimum absolute atomic E-state index is 0.216. The first kappa shape index (κ1) is 13.1. The molecule has 5 heteroatoms. The molecule has 16 heavy (non-hydrogen) atoms. The maximum Gasteiger partial charge on any atom is 0.324 e. The maximum atomic E-state index is 10.5. The van der Waals surface area contributed by atoms with Gasteiger partial charge in [-0.3, -0.25) is 10.1 Å². The number of nitrogens with zero attached hydrogens (tertiary/aromatic N) is 1. The summed E-state index contributed by atoms with van der Waals surface area (Å²) in [5.74, 6) is 0.620. The molecule has 90 valence electrons. The molecule has 0 aliphatic carbocycles. The predicted molar refractivity (Wildman–Crippen MR) is 66.7 cm³/mol. The van der Waals surface area contributed by atoms with Crippen LogP contribution in [0.1, 0.15) is 32.1 Å². The Morgan fingerprint density at radius 1 is 1.50 bits per heavy atom. The zero-order valence-electron chi connectivity index (χ0n) is 9.90. The highest BCUT2D eigenvalue weighted by Crippen LogP contribution is 2.23. The second-order valence-electron chi connectivity index (χ2n) is 4.05. The van der Waals surface area contributed by atoms with Crippen molar-refractivity contribution in [2.45, 2.75) is 39.8 Å². The van der Waals surface area contributed by atoms with Gasteiger partial charge in [0.2, 0.25) is 0 Å². The molecule has 0 saturated heterocycles. The molecule has 0 aromatic carbocycles. The number of rotatable bonds is 6. The van der Waals surface area contributed by atoms with Crippen LogP contribution >= 0.6 is 11.3 Å². The number of nitrogens with one attached hydrogen (secondary N) is 1. The largest absolute Gasteiger partial charge is 0.324 e. The van der Waals surface area contributed by atoms with E-state index < -0.39 is 0 Å².